The first-order valence-electron chi connectivity index (χ1n) is 7.72. The normalized spacial score (nSPS) is 13.2. The van der Waals surface area contributed by atoms with Crippen molar-refractivity contribution in [1.29, 1.82) is 0 Å². The second-order valence-electron chi connectivity index (χ2n) is 5.85. The van der Waals surface area contributed by atoms with Gasteiger partial charge in [-0.25, -0.2) is 0 Å². The Morgan fingerprint density at radius 2 is 1.96 bits per heavy atom. The number of anilines is 1. The maximum atomic E-state index is 12.1. The van der Waals surface area contributed by atoms with Gasteiger partial charge in [-0.2, -0.15) is 5.10 Å². The molecule has 0 amide bonds. The number of nitrogens with one attached hydrogen (secondary N) is 1. The topological polar surface area (TPSA) is 80.7 Å². The zero-order valence-corrected chi connectivity index (χ0v) is 17.4. The van der Waals surface area contributed by atoms with E-state index in [0.717, 1.165) is 5.56 Å². The molecule has 11 heteroatoms. The van der Waals surface area contributed by atoms with Crippen LogP contribution in [0.25, 0.3) is 0 Å². The van der Waals surface area contributed by atoms with Gasteiger partial charge in [0.15, 0.2) is 5.96 Å². The summed E-state index contributed by atoms with van der Waals surface area (Å²) in [4.78, 5) is 6.30. The first kappa shape index (κ1) is 23.0. The fourth-order valence-electron chi connectivity index (χ4n) is 2.29. The average molecular weight is 498 g/mol. The number of aryl methyl sites for hydroxylation is 1. The first-order valence-corrected chi connectivity index (χ1v) is 7.72. The molecule has 0 saturated carbocycles. The summed E-state index contributed by atoms with van der Waals surface area (Å²) in [6.07, 6.45) is -1.05. The molecule has 1 unspecified atom stereocenters. The van der Waals surface area contributed by atoms with Gasteiger partial charge < -0.3 is 20.7 Å². The van der Waals surface area contributed by atoms with Gasteiger partial charge in [-0.1, -0.05) is 0 Å². The van der Waals surface area contributed by atoms with Crippen LogP contribution in [0.5, 0.6) is 5.75 Å². The monoisotopic (exact) mass is 498 g/mol. The van der Waals surface area contributed by atoms with Crippen LogP contribution in [-0.2, 0) is 7.05 Å². The number of nitrogens with two attached hydrogens (primary N) is 1. The smallest absolute Gasteiger partial charge is 0.406 e. The van der Waals surface area contributed by atoms with Crippen molar-refractivity contribution in [3.63, 3.8) is 0 Å². The summed E-state index contributed by atoms with van der Waals surface area (Å²) in [5.41, 5.74) is 7.37. The molecule has 2 aromatic rings. The largest absolute Gasteiger partial charge is 0.573 e. The number of hydrogen-bond acceptors (Lipinski definition) is 4. The van der Waals surface area contributed by atoms with E-state index in [-0.39, 0.29) is 41.7 Å². The molecule has 0 radical (unpaired) electrons. The van der Waals surface area contributed by atoms with Crippen molar-refractivity contribution in [2.45, 2.75) is 12.4 Å². The summed E-state index contributed by atoms with van der Waals surface area (Å²) in [5.74, 6) is -0.145. The van der Waals surface area contributed by atoms with Crippen LogP contribution in [0.3, 0.4) is 0 Å². The molecule has 7 nitrogen and oxygen atoms in total. The van der Waals surface area contributed by atoms with Crippen molar-refractivity contribution >= 4 is 35.6 Å². The molecule has 0 bridgehead atoms. The Morgan fingerprint density at radius 3 is 2.44 bits per heavy atom. The van der Waals surface area contributed by atoms with E-state index in [1.807, 2.05) is 32.2 Å². The van der Waals surface area contributed by atoms with Crippen LogP contribution in [0.15, 0.2) is 41.7 Å². The molecule has 1 aromatic carbocycles. The van der Waals surface area contributed by atoms with Gasteiger partial charge >= 0.3 is 6.36 Å². The van der Waals surface area contributed by atoms with Crippen molar-refractivity contribution in [3.8, 4) is 5.75 Å². The molecule has 0 aliphatic rings. The number of hydrogen-bond donors (Lipinski definition) is 2. The maximum absolute atomic E-state index is 12.1. The number of aliphatic imine (C=N–C) groups is 1. The predicted molar refractivity (Wildman–Crippen MR) is 108 cm³/mol. The van der Waals surface area contributed by atoms with Gasteiger partial charge in [0.2, 0.25) is 0 Å². The summed E-state index contributed by atoms with van der Waals surface area (Å²) < 4.78 is 42.0. The SMILES string of the molecule is CN(C)C(CN=C(N)Nc1ccc(OC(F)(F)F)cc1)c1cnn(C)c1.I. The molecule has 2 rings (SSSR count). The third-order valence-electron chi connectivity index (χ3n) is 3.53. The van der Waals surface area contributed by atoms with Crippen LogP contribution < -0.4 is 15.8 Å². The highest BCUT2D eigenvalue weighted by Crippen LogP contribution is 2.24. The van der Waals surface area contributed by atoms with Gasteiger partial charge in [0.1, 0.15) is 5.75 Å². The lowest BCUT2D eigenvalue weighted by Gasteiger charge is -2.21. The van der Waals surface area contributed by atoms with Crippen molar-refractivity contribution in [1.82, 2.24) is 14.7 Å². The highest BCUT2D eigenvalue weighted by molar-refractivity contribution is 14.0. The third kappa shape index (κ3) is 7.62. The van der Waals surface area contributed by atoms with E-state index in [0.29, 0.717) is 12.2 Å². The molecule has 3 N–H and O–H groups in total. The number of alkyl halides is 3. The molecule has 0 saturated heterocycles. The van der Waals surface area contributed by atoms with Crippen LogP contribution in [0.2, 0.25) is 0 Å². The fourth-order valence-corrected chi connectivity index (χ4v) is 2.29. The zero-order valence-electron chi connectivity index (χ0n) is 15.1. The van der Waals surface area contributed by atoms with Crippen LogP contribution in [-0.4, -0.2) is 47.6 Å². The van der Waals surface area contributed by atoms with Gasteiger partial charge in [0.05, 0.1) is 18.8 Å². The van der Waals surface area contributed by atoms with E-state index >= 15 is 0 Å². The number of benzene rings is 1. The Labute approximate surface area is 172 Å². The second kappa shape index (κ2) is 9.78. The van der Waals surface area contributed by atoms with Gasteiger partial charge in [0.25, 0.3) is 0 Å². The molecule has 0 aliphatic heterocycles. The number of halogens is 4. The van der Waals surface area contributed by atoms with E-state index in [2.05, 4.69) is 20.1 Å². The Hall–Kier alpha value is -2.02. The van der Waals surface area contributed by atoms with Crippen LogP contribution in [0, 0.1) is 0 Å². The molecular formula is C16H22F3IN6O. The minimum atomic E-state index is -4.72. The van der Waals surface area contributed by atoms with Crippen molar-refractivity contribution in [2.24, 2.45) is 17.8 Å². The number of aromatic nitrogens is 2. The highest BCUT2D eigenvalue weighted by Gasteiger charge is 2.30. The standard InChI is InChI=1S/C16H21F3N6O.HI/c1-24(2)14(11-8-22-25(3)10-11)9-21-15(20)23-12-4-6-13(7-5-12)26-16(17,18)19;/h4-8,10,14H,9H2,1-3H3,(H3,20,21,23);1H. The minimum Gasteiger partial charge on any atom is -0.406 e. The summed E-state index contributed by atoms with van der Waals surface area (Å²) in [5, 5.41) is 6.99. The number of likely N-dealkylation sites (N-methyl/N-ethyl adjacent to an activating group) is 1. The zero-order chi connectivity index (χ0) is 19.3. The lowest BCUT2D eigenvalue weighted by atomic mass is 10.1. The van der Waals surface area contributed by atoms with Crippen molar-refractivity contribution < 1.29 is 17.9 Å². The summed E-state index contributed by atoms with van der Waals surface area (Å²) in [6.45, 7) is 0.396. The van der Waals surface area contributed by atoms with E-state index in [1.54, 1.807) is 10.9 Å². The molecule has 1 heterocycles. The number of ether oxygens (including phenoxy) is 1. The quantitative estimate of drug-likeness (QED) is 0.364. The van der Waals surface area contributed by atoms with E-state index < -0.39 is 6.36 Å². The van der Waals surface area contributed by atoms with Crippen molar-refractivity contribution in [2.75, 3.05) is 26.0 Å². The number of guanidine groups is 1. The predicted octanol–water partition coefficient (Wildman–Crippen LogP) is 2.97. The third-order valence-corrected chi connectivity index (χ3v) is 3.53. The van der Waals surface area contributed by atoms with E-state index in [9.17, 15) is 13.2 Å². The van der Waals surface area contributed by atoms with Gasteiger partial charge in [0, 0.05) is 24.5 Å². The molecule has 1 aromatic heterocycles. The molecule has 0 fully saturated rings. The molecule has 27 heavy (non-hydrogen) atoms. The molecule has 1 atom stereocenters. The Morgan fingerprint density at radius 1 is 1.33 bits per heavy atom. The van der Waals surface area contributed by atoms with Gasteiger partial charge in [-0.15, -0.1) is 37.1 Å². The van der Waals surface area contributed by atoms with Crippen LogP contribution in [0.4, 0.5) is 18.9 Å². The Kier molecular flexibility index (Phi) is 8.34. The fraction of sp³-hybridized carbons (Fsp3) is 0.375. The Balaban J connectivity index is 0.00000364. The average Bonchev–Trinajstić information content (AvgIpc) is 2.94. The minimum absolute atomic E-state index is 0. The van der Waals surface area contributed by atoms with Crippen LogP contribution >= 0.6 is 24.0 Å². The van der Waals surface area contributed by atoms with Gasteiger partial charge in [-0.05, 0) is 38.4 Å². The summed E-state index contributed by atoms with van der Waals surface area (Å²) >= 11 is 0. The van der Waals surface area contributed by atoms with Crippen LogP contribution in [0.1, 0.15) is 11.6 Å². The molecule has 0 spiro atoms. The molecular weight excluding hydrogens is 476 g/mol. The summed E-state index contributed by atoms with van der Waals surface area (Å²) in [6, 6.07) is 5.23. The van der Waals surface area contributed by atoms with Gasteiger partial charge in [-0.3, -0.25) is 9.67 Å². The number of nitrogens with zero attached hydrogens (tertiary/aromatic N) is 4. The highest BCUT2D eigenvalue weighted by atomic mass is 127. The summed E-state index contributed by atoms with van der Waals surface area (Å²) in [7, 11) is 5.69. The molecule has 0 aliphatic carbocycles. The van der Waals surface area contributed by atoms with Crippen molar-refractivity contribution in [3.05, 3.63) is 42.2 Å². The lowest BCUT2D eigenvalue weighted by Crippen LogP contribution is -2.27. The maximum Gasteiger partial charge on any atom is 0.573 e. The van der Waals surface area contributed by atoms with E-state index in [4.69, 9.17) is 5.73 Å². The number of rotatable bonds is 6. The second-order valence-corrected chi connectivity index (χ2v) is 5.85. The van der Waals surface area contributed by atoms with E-state index in [1.165, 1.54) is 24.3 Å². The Bertz CT molecular complexity index is 745. The lowest BCUT2D eigenvalue weighted by molar-refractivity contribution is -0.274. The first-order chi connectivity index (χ1) is 12.1. The molecule has 150 valence electrons.